The molecule has 1 saturated heterocycles. The van der Waals surface area contributed by atoms with Crippen molar-refractivity contribution in [3.63, 3.8) is 0 Å². The van der Waals surface area contributed by atoms with Crippen LogP contribution in [0.15, 0.2) is 18.2 Å². The van der Waals surface area contributed by atoms with E-state index >= 15 is 0 Å². The Morgan fingerprint density at radius 3 is 2.71 bits per heavy atom. The van der Waals surface area contributed by atoms with E-state index in [2.05, 4.69) is 5.32 Å². The van der Waals surface area contributed by atoms with E-state index in [1.54, 1.807) is 0 Å². The summed E-state index contributed by atoms with van der Waals surface area (Å²) in [6.07, 6.45) is 2.04. The van der Waals surface area contributed by atoms with Crippen molar-refractivity contribution in [3.05, 3.63) is 29.6 Å². The number of hydrogen-bond acceptors (Lipinski definition) is 3. The molecule has 0 radical (unpaired) electrons. The van der Waals surface area contributed by atoms with Crippen LogP contribution in [-0.4, -0.2) is 28.6 Å². The molecule has 1 aliphatic rings. The van der Waals surface area contributed by atoms with E-state index in [0.29, 0.717) is 11.7 Å². The van der Waals surface area contributed by atoms with Gasteiger partial charge in [0.15, 0.2) is 0 Å². The highest BCUT2D eigenvalue weighted by molar-refractivity contribution is 7.99. The van der Waals surface area contributed by atoms with Crippen LogP contribution in [0.25, 0.3) is 0 Å². The third-order valence-corrected chi connectivity index (χ3v) is 3.85. The molecule has 3 nitrogen and oxygen atoms in total. The Morgan fingerprint density at radius 2 is 2.12 bits per heavy atom. The quantitative estimate of drug-likeness (QED) is 0.872. The smallest absolute Gasteiger partial charge is 0.335 e. The third-order valence-electron chi connectivity index (χ3n) is 2.80. The van der Waals surface area contributed by atoms with Crippen molar-refractivity contribution in [2.45, 2.75) is 18.9 Å². The van der Waals surface area contributed by atoms with Crippen LogP contribution in [0, 0.1) is 5.82 Å². The van der Waals surface area contributed by atoms with Crippen molar-refractivity contribution in [2.24, 2.45) is 0 Å². The predicted molar refractivity (Wildman–Crippen MR) is 67.3 cm³/mol. The molecule has 0 saturated carbocycles. The fourth-order valence-electron chi connectivity index (χ4n) is 1.83. The number of benzene rings is 1. The summed E-state index contributed by atoms with van der Waals surface area (Å²) in [5, 5.41) is 11.9. The number of carboxylic acids is 1. The SMILES string of the molecule is O=C(O)c1ccc(NC2CCSCC2)c(F)c1. The fourth-order valence-corrected chi connectivity index (χ4v) is 2.93. The van der Waals surface area contributed by atoms with Gasteiger partial charge in [-0.05, 0) is 42.5 Å². The van der Waals surface area contributed by atoms with Gasteiger partial charge in [0.05, 0.1) is 11.3 Å². The van der Waals surface area contributed by atoms with Gasteiger partial charge in [-0.25, -0.2) is 9.18 Å². The molecule has 0 bridgehead atoms. The standard InChI is InChI=1S/C12H14FNO2S/c13-10-7-8(12(15)16)1-2-11(10)14-9-3-5-17-6-4-9/h1-2,7,9,14H,3-6H2,(H,15,16). The first-order valence-electron chi connectivity index (χ1n) is 5.54. The maximum absolute atomic E-state index is 13.6. The summed E-state index contributed by atoms with van der Waals surface area (Å²) in [5.74, 6) is 0.576. The topological polar surface area (TPSA) is 49.3 Å². The highest BCUT2D eigenvalue weighted by Gasteiger charge is 2.15. The van der Waals surface area contributed by atoms with E-state index in [-0.39, 0.29) is 5.56 Å². The first kappa shape index (κ1) is 12.2. The summed E-state index contributed by atoms with van der Waals surface area (Å²) < 4.78 is 13.6. The summed E-state index contributed by atoms with van der Waals surface area (Å²) in [6, 6.07) is 4.27. The molecule has 0 amide bonds. The van der Waals surface area contributed by atoms with Crippen LogP contribution in [0.1, 0.15) is 23.2 Å². The molecule has 2 rings (SSSR count). The molecule has 0 aliphatic carbocycles. The Morgan fingerprint density at radius 1 is 1.41 bits per heavy atom. The van der Waals surface area contributed by atoms with Crippen molar-refractivity contribution in [1.82, 2.24) is 0 Å². The number of rotatable bonds is 3. The molecule has 1 aliphatic heterocycles. The van der Waals surface area contributed by atoms with E-state index in [4.69, 9.17) is 5.11 Å². The number of thioether (sulfide) groups is 1. The van der Waals surface area contributed by atoms with Gasteiger partial charge in [0.2, 0.25) is 0 Å². The number of carbonyl (C=O) groups is 1. The molecule has 1 aromatic carbocycles. The monoisotopic (exact) mass is 255 g/mol. The van der Waals surface area contributed by atoms with Gasteiger partial charge >= 0.3 is 5.97 Å². The lowest BCUT2D eigenvalue weighted by molar-refractivity contribution is 0.0696. The number of carboxylic acid groups (broad SMARTS) is 1. The summed E-state index contributed by atoms with van der Waals surface area (Å²) >= 11 is 1.91. The second-order valence-corrected chi connectivity index (χ2v) is 5.26. The fraction of sp³-hybridized carbons (Fsp3) is 0.417. The van der Waals surface area contributed by atoms with Crippen molar-refractivity contribution in [1.29, 1.82) is 0 Å². The Hall–Kier alpha value is -1.23. The number of anilines is 1. The molecular formula is C12H14FNO2S. The lowest BCUT2D eigenvalue weighted by Gasteiger charge is -2.23. The molecule has 17 heavy (non-hydrogen) atoms. The molecule has 1 heterocycles. The zero-order valence-electron chi connectivity index (χ0n) is 9.28. The molecule has 0 spiro atoms. The van der Waals surface area contributed by atoms with Crippen LogP contribution in [0.3, 0.4) is 0 Å². The molecular weight excluding hydrogens is 241 g/mol. The summed E-state index contributed by atoms with van der Waals surface area (Å²) in [4.78, 5) is 10.7. The molecule has 92 valence electrons. The minimum Gasteiger partial charge on any atom is -0.478 e. The molecule has 2 N–H and O–H groups in total. The normalized spacial score (nSPS) is 16.8. The predicted octanol–water partition coefficient (Wildman–Crippen LogP) is 2.83. The largest absolute Gasteiger partial charge is 0.478 e. The summed E-state index contributed by atoms with van der Waals surface area (Å²) in [6.45, 7) is 0. The van der Waals surface area contributed by atoms with Gasteiger partial charge in [-0.1, -0.05) is 0 Å². The van der Waals surface area contributed by atoms with Gasteiger partial charge in [0, 0.05) is 6.04 Å². The van der Waals surface area contributed by atoms with Crippen LogP contribution >= 0.6 is 11.8 Å². The van der Waals surface area contributed by atoms with Crippen molar-refractivity contribution < 1.29 is 14.3 Å². The Kier molecular flexibility index (Phi) is 3.89. The molecule has 0 aromatic heterocycles. The van der Waals surface area contributed by atoms with Crippen LogP contribution in [-0.2, 0) is 0 Å². The highest BCUT2D eigenvalue weighted by atomic mass is 32.2. The number of halogens is 1. The van der Waals surface area contributed by atoms with Gasteiger partial charge in [0.1, 0.15) is 5.82 Å². The lowest BCUT2D eigenvalue weighted by Crippen LogP contribution is -2.25. The molecule has 1 fully saturated rings. The third kappa shape index (κ3) is 3.12. The second kappa shape index (κ2) is 5.40. The Bertz CT molecular complexity index is 419. The van der Waals surface area contributed by atoms with Gasteiger partial charge in [-0.3, -0.25) is 0 Å². The molecule has 0 atom stereocenters. The van der Waals surface area contributed by atoms with E-state index in [9.17, 15) is 9.18 Å². The average molecular weight is 255 g/mol. The van der Waals surface area contributed by atoms with Crippen molar-refractivity contribution in [2.75, 3.05) is 16.8 Å². The second-order valence-electron chi connectivity index (χ2n) is 4.03. The highest BCUT2D eigenvalue weighted by Crippen LogP contribution is 2.23. The van der Waals surface area contributed by atoms with Gasteiger partial charge in [0.25, 0.3) is 0 Å². The number of aromatic carboxylic acids is 1. The van der Waals surface area contributed by atoms with Crippen molar-refractivity contribution >= 4 is 23.4 Å². The van der Waals surface area contributed by atoms with Gasteiger partial charge in [-0.2, -0.15) is 11.8 Å². The van der Waals surface area contributed by atoms with Gasteiger partial charge in [-0.15, -0.1) is 0 Å². The lowest BCUT2D eigenvalue weighted by atomic mass is 10.1. The Labute approximate surface area is 103 Å². The van der Waals surface area contributed by atoms with Crippen molar-refractivity contribution in [3.8, 4) is 0 Å². The van der Waals surface area contributed by atoms with Crippen LogP contribution in [0.5, 0.6) is 0 Å². The zero-order valence-corrected chi connectivity index (χ0v) is 10.1. The maximum Gasteiger partial charge on any atom is 0.335 e. The van der Waals surface area contributed by atoms with E-state index in [1.807, 2.05) is 11.8 Å². The summed E-state index contributed by atoms with van der Waals surface area (Å²) in [7, 11) is 0. The van der Waals surface area contributed by atoms with Gasteiger partial charge < -0.3 is 10.4 Å². The zero-order chi connectivity index (χ0) is 12.3. The molecule has 5 heteroatoms. The molecule has 0 unspecified atom stereocenters. The first-order chi connectivity index (χ1) is 8.16. The Balaban J connectivity index is 2.08. The summed E-state index contributed by atoms with van der Waals surface area (Å²) in [5.41, 5.74) is 0.374. The number of nitrogens with one attached hydrogen (secondary N) is 1. The minimum atomic E-state index is -1.11. The first-order valence-corrected chi connectivity index (χ1v) is 6.69. The maximum atomic E-state index is 13.6. The van der Waals surface area contributed by atoms with E-state index in [0.717, 1.165) is 30.4 Å². The molecule has 1 aromatic rings. The average Bonchev–Trinajstić information content (AvgIpc) is 2.33. The number of hydrogen-bond donors (Lipinski definition) is 2. The van der Waals surface area contributed by atoms with Crippen LogP contribution < -0.4 is 5.32 Å². The van der Waals surface area contributed by atoms with E-state index in [1.165, 1.54) is 12.1 Å². The van der Waals surface area contributed by atoms with E-state index < -0.39 is 11.8 Å². The van der Waals surface area contributed by atoms with Crippen LogP contribution in [0.2, 0.25) is 0 Å². The van der Waals surface area contributed by atoms with Crippen LogP contribution in [0.4, 0.5) is 10.1 Å². The minimum absolute atomic E-state index is 0.0211.